The van der Waals surface area contributed by atoms with E-state index in [2.05, 4.69) is 0 Å². The Bertz CT molecular complexity index is 185. The zero-order valence-electron chi connectivity index (χ0n) is 6.09. The van der Waals surface area contributed by atoms with Gasteiger partial charge in [-0.25, -0.2) is 4.79 Å². The van der Waals surface area contributed by atoms with E-state index in [1.807, 2.05) is 13.8 Å². The van der Waals surface area contributed by atoms with Crippen LogP contribution in [0.1, 0.15) is 13.8 Å². The van der Waals surface area contributed by atoms with Crippen molar-refractivity contribution in [1.29, 1.82) is 0 Å². The first-order valence-corrected chi connectivity index (χ1v) is 3.43. The Morgan fingerprint density at radius 1 is 1.60 bits per heavy atom. The summed E-state index contributed by atoms with van der Waals surface area (Å²) >= 11 is 0. The van der Waals surface area contributed by atoms with Crippen LogP contribution in [0, 0.1) is 5.41 Å². The third-order valence-electron chi connectivity index (χ3n) is 2.08. The highest BCUT2D eigenvalue weighted by molar-refractivity contribution is 5.79. The number of carbonyl (C=O) groups excluding carboxylic acids is 1. The first-order chi connectivity index (χ1) is 4.61. The Kier molecular flexibility index (Phi) is 0.944. The van der Waals surface area contributed by atoms with Crippen molar-refractivity contribution in [3.8, 4) is 0 Å². The lowest BCUT2D eigenvalue weighted by molar-refractivity contribution is -0.150. The summed E-state index contributed by atoms with van der Waals surface area (Å²) in [4.78, 5) is 10.8. The maximum atomic E-state index is 10.8. The van der Waals surface area contributed by atoms with E-state index < -0.39 is 0 Å². The van der Waals surface area contributed by atoms with Gasteiger partial charge < -0.3 is 9.47 Å². The van der Waals surface area contributed by atoms with Crippen molar-refractivity contribution in [3.63, 3.8) is 0 Å². The van der Waals surface area contributed by atoms with Gasteiger partial charge in [0.05, 0.1) is 6.61 Å². The molecule has 0 spiro atoms. The van der Waals surface area contributed by atoms with Crippen molar-refractivity contribution in [1.82, 2.24) is 0 Å². The second-order valence-corrected chi connectivity index (χ2v) is 3.57. The summed E-state index contributed by atoms with van der Waals surface area (Å²) < 4.78 is 10.0. The third kappa shape index (κ3) is 0.669. The molecule has 56 valence electrons. The predicted molar refractivity (Wildman–Crippen MR) is 33.4 cm³/mol. The average molecular weight is 142 g/mol. The van der Waals surface area contributed by atoms with Gasteiger partial charge in [-0.2, -0.15) is 0 Å². The minimum Gasteiger partial charge on any atom is -0.463 e. The van der Waals surface area contributed by atoms with Crippen LogP contribution in [0.3, 0.4) is 0 Å². The summed E-state index contributed by atoms with van der Waals surface area (Å²) in [6, 6.07) is 0. The van der Waals surface area contributed by atoms with Gasteiger partial charge in [0.1, 0.15) is 6.10 Å². The fourth-order valence-electron chi connectivity index (χ4n) is 1.31. The van der Waals surface area contributed by atoms with E-state index in [1.54, 1.807) is 0 Å². The van der Waals surface area contributed by atoms with Crippen molar-refractivity contribution in [2.24, 2.45) is 5.41 Å². The summed E-state index contributed by atoms with van der Waals surface area (Å²) in [7, 11) is 0. The molecule has 0 aromatic heterocycles. The van der Waals surface area contributed by atoms with E-state index in [4.69, 9.17) is 9.47 Å². The molecule has 0 aromatic rings. The lowest BCUT2D eigenvalue weighted by Gasteiger charge is -2.24. The lowest BCUT2D eigenvalue weighted by atomic mass is 9.87. The largest absolute Gasteiger partial charge is 0.463 e. The quantitative estimate of drug-likeness (QED) is 0.361. The maximum Gasteiger partial charge on any atom is 0.338 e. The first kappa shape index (κ1) is 6.16. The van der Waals surface area contributed by atoms with E-state index in [-0.39, 0.29) is 23.6 Å². The molecule has 2 saturated heterocycles. The molecule has 2 heterocycles. The van der Waals surface area contributed by atoms with Crippen molar-refractivity contribution < 1.29 is 14.3 Å². The van der Waals surface area contributed by atoms with Crippen molar-refractivity contribution in [2.75, 3.05) is 6.61 Å². The fourth-order valence-corrected chi connectivity index (χ4v) is 1.31. The molecule has 0 amide bonds. The van der Waals surface area contributed by atoms with E-state index in [1.165, 1.54) is 0 Å². The Labute approximate surface area is 59.3 Å². The van der Waals surface area contributed by atoms with Gasteiger partial charge in [0.25, 0.3) is 0 Å². The Balaban J connectivity index is 2.16. The van der Waals surface area contributed by atoms with Crippen LogP contribution in [0.5, 0.6) is 0 Å². The average Bonchev–Trinajstić information content (AvgIpc) is 2.58. The van der Waals surface area contributed by atoms with Crippen LogP contribution in [0.25, 0.3) is 0 Å². The molecule has 0 aromatic carbocycles. The fraction of sp³-hybridized carbons (Fsp3) is 0.857. The van der Waals surface area contributed by atoms with E-state index >= 15 is 0 Å². The van der Waals surface area contributed by atoms with Crippen molar-refractivity contribution >= 4 is 5.97 Å². The number of fused-ring (bicyclic) bond motifs is 1. The van der Waals surface area contributed by atoms with Gasteiger partial charge in [0.15, 0.2) is 6.10 Å². The normalized spacial score (nSPS) is 42.0. The molecule has 0 unspecified atom stereocenters. The van der Waals surface area contributed by atoms with Crippen LogP contribution in [0.2, 0.25) is 0 Å². The van der Waals surface area contributed by atoms with Crippen LogP contribution >= 0.6 is 0 Å². The maximum absolute atomic E-state index is 10.8. The lowest BCUT2D eigenvalue weighted by Crippen LogP contribution is -2.36. The molecule has 2 atom stereocenters. The highest BCUT2D eigenvalue weighted by Gasteiger charge is 2.58. The number of hydrogen-bond acceptors (Lipinski definition) is 3. The van der Waals surface area contributed by atoms with E-state index in [0.29, 0.717) is 6.61 Å². The summed E-state index contributed by atoms with van der Waals surface area (Å²) in [5, 5.41) is 0. The highest BCUT2D eigenvalue weighted by atomic mass is 16.7. The van der Waals surface area contributed by atoms with Gasteiger partial charge >= 0.3 is 5.97 Å². The van der Waals surface area contributed by atoms with Gasteiger partial charge in [-0.3, -0.25) is 0 Å². The number of carbonyl (C=O) groups is 1. The summed E-state index contributed by atoms with van der Waals surface area (Å²) in [6.45, 7) is 4.58. The molecule has 0 saturated carbocycles. The standard InChI is InChI=1S/C7H10O3/c1-7(2)3-9-6(8)4-5(7)10-4/h4-5H,3H2,1-2H3/t4-,5-/m1/s1. The number of rotatable bonds is 0. The van der Waals surface area contributed by atoms with Crippen molar-refractivity contribution in [3.05, 3.63) is 0 Å². The Morgan fingerprint density at radius 3 is 2.90 bits per heavy atom. The minimum atomic E-state index is -0.247. The first-order valence-electron chi connectivity index (χ1n) is 3.43. The van der Waals surface area contributed by atoms with Crippen LogP contribution in [-0.4, -0.2) is 24.8 Å². The molecule has 2 fully saturated rings. The molecule has 2 aliphatic rings. The van der Waals surface area contributed by atoms with Gasteiger partial charge in [-0.1, -0.05) is 13.8 Å². The molecular weight excluding hydrogens is 132 g/mol. The third-order valence-corrected chi connectivity index (χ3v) is 2.08. The van der Waals surface area contributed by atoms with Gasteiger partial charge in [-0.15, -0.1) is 0 Å². The zero-order valence-corrected chi connectivity index (χ0v) is 6.09. The van der Waals surface area contributed by atoms with Crippen LogP contribution in [0.15, 0.2) is 0 Å². The van der Waals surface area contributed by atoms with Crippen LogP contribution < -0.4 is 0 Å². The molecule has 10 heavy (non-hydrogen) atoms. The number of hydrogen-bond donors (Lipinski definition) is 0. The Morgan fingerprint density at radius 2 is 2.30 bits per heavy atom. The molecular formula is C7H10O3. The number of esters is 1. The Hall–Kier alpha value is -0.570. The molecule has 0 radical (unpaired) electrons. The smallest absolute Gasteiger partial charge is 0.338 e. The molecule has 0 aliphatic carbocycles. The van der Waals surface area contributed by atoms with Gasteiger partial charge in [0, 0.05) is 5.41 Å². The van der Waals surface area contributed by atoms with E-state index in [0.717, 1.165) is 0 Å². The SMILES string of the molecule is CC1(C)COC(=O)[C@@H]2O[C@H]21. The monoisotopic (exact) mass is 142 g/mol. The van der Waals surface area contributed by atoms with Crippen molar-refractivity contribution in [2.45, 2.75) is 26.1 Å². The summed E-state index contributed by atoms with van der Waals surface area (Å²) in [5.74, 6) is -0.190. The zero-order chi connectivity index (χ0) is 7.35. The topological polar surface area (TPSA) is 38.8 Å². The second kappa shape index (κ2) is 1.53. The summed E-state index contributed by atoms with van der Waals surface area (Å²) in [5.41, 5.74) is 0.0264. The number of ether oxygens (including phenoxy) is 2. The molecule has 0 N–H and O–H groups in total. The number of cyclic esters (lactones) is 1. The molecule has 3 nitrogen and oxygen atoms in total. The molecule has 2 rings (SSSR count). The molecule has 2 aliphatic heterocycles. The summed E-state index contributed by atoms with van der Waals surface area (Å²) in [6.07, 6.45) is -0.127. The van der Waals surface area contributed by atoms with E-state index in [9.17, 15) is 4.79 Å². The minimum absolute atomic E-state index is 0.0264. The van der Waals surface area contributed by atoms with Crippen LogP contribution in [0.4, 0.5) is 0 Å². The van der Waals surface area contributed by atoms with Crippen LogP contribution in [-0.2, 0) is 14.3 Å². The molecule has 0 bridgehead atoms. The highest BCUT2D eigenvalue weighted by Crippen LogP contribution is 2.42. The second-order valence-electron chi connectivity index (χ2n) is 3.57. The molecule has 3 heteroatoms. The number of epoxide rings is 1. The predicted octanol–water partition coefficient (Wildman–Crippen LogP) is 0.337. The van der Waals surface area contributed by atoms with Gasteiger partial charge in [-0.05, 0) is 0 Å². The van der Waals surface area contributed by atoms with Gasteiger partial charge in [0.2, 0.25) is 0 Å².